The average molecular weight is 580 g/mol. The molecule has 0 bridgehead atoms. The second-order valence-corrected chi connectivity index (χ2v) is 11.2. The first kappa shape index (κ1) is 27.7. The van der Waals surface area contributed by atoms with Crippen LogP contribution in [0, 0.1) is 0 Å². The molecule has 2 aliphatic heterocycles. The molecule has 0 aliphatic carbocycles. The normalized spacial score (nSPS) is 18.8. The van der Waals surface area contributed by atoms with Gasteiger partial charge in [-0.2, -0.15) is 0 Å². The summed E-state index contributed by atoms with van der Waals surface area (Å²) in [4.78, 5) is 15.8. The predicted molar refractivity (Wildman–Crippen MR) is 155 cm³/mol. The number of phenolic OH excluding ortho intramolecular Hbond substituents is 1. The van der Waals surface area contributed by atoms with Gasteiger partial charge in [0.15, 0.2) is 11.5 Å². The second-order valence-electron chi connectivity index (χ2n) is 10.7. The van der Waals surface area contributed by atoms with Crippen molar-refractivity contribution in [1.29, 1.82) is 0 Å². The Morgan fingerprint density at radius 3 is 2.68 bits per heavy atom. The SMILES string of the molecule is CC(Oc1cccc(C2CCN(Cc3nc4ccc(NOO)cc4n3CC3CCO3)CC2)c1O)c1ccc(Cl)cn1. The first-order chi connectivity index (χ1) is 20.0. The van der Waals surface area contributed by atoms with Gasteiger partial charge in [0.2, 0.25) is 0 Å². The van der Waals surface area contributed by atoms with Crippen molar-refractivity contribution in [3.63, 3.8) is 0 Å². The molecular weight excluding hydrogens is 546 g/mol. The Kier molecular flexibility index (Phi) is 8.27. The van der Waals surface area contributed by atoms with Crippen LogP contribution in [-0.4, -0.2) is 55.6 Å². The number of anilines is 1. The van der Waals surface area contributed by atoms with Gasteiger partial charge in [-0.1, -0.05) is 23.7 Å². The quantitative estimate of drug-likeness (QED) is 0.156. The summed E-state index contributed by atoms with van der Waals surface area (Å²) in [7, 11) is 0. The molecule has 2 aromatic heterocycles. The van der Waals surface area contributed by atoms with Gasteiger partial charge in [0.25, 0.3) is 0 Å². The summed E-state index contributed by atoms with van der Waals surface area (Å²) in [6, 6.07) is 15.0. The Balaban J connectivity index is 1.13. The molecule has 0 amide bonds. The smallest absolute Gasteiger partial charge is 0.162 e. The van der Waals surface area contributed by atoms with Crippen molar-refractivity contribution in [2.45, 2.75) is 57.4 Å². The van der Waals surface area contributed by atoms with Gasteiger partial charge in [-0.05, 0) is 81.6 Å². The van der Waals surface area contributed by atoms with Crippen LogP contribution in [0.25, 0.3) is 11.0 Å². The Bertz CT molecular complexity index is 1480. The predicted octanol–water partition coefficient (Wildman–Crippen LogP) is 5.92. The standard InChI is InChI=1S/C30H34ClN5O5/c1-19(25-7-5-21(31)16-32-25)40-28-4-2-3-24(30(28)37)20-9-12-35(13-10-20)18-29-33-26-8-6-22(34-41-38)15-27(26)36(29)17-23-11-14-39-23/h2-8,15-16,19-20,23,34,37-38H,9-14,17-18H2,1H3. The van der Waals surface area contributed by atoms with Gasteiger partial charge in [0.05, 0.1) is 46.6 Å². The molecule has 2 aromatic carbocycles. The van der Waals surface area contributed by atoms with Gasteiger partial charge in [0, 0.05) is 18.4 Å². The van der Waals surface area contributed by atoms with Crippen LogP contribution in [0.1, 0.15) is 55.3 Å². The van der Waals surface area contributed by atoms with E-state index in [1.54, 1.807) is 18.3 Å². The highest BCUT2D eigenvalue weighted by atomic mass is 35.5. The van der Waals surface area contributed by atoms with Crippen molar-refractivity contribution in [1.82, 2.24) is 19.4 Å². The van der Waals surface area contributed by atoms with Crippen LogP contribution >= 0.6 is 11.6 Å². The molecule has 0 radical (unpaired) electrons. The third-order valence-corrected chi connectivity index (χ3v) is 8.29. The highest BCUT2D eigenvalue weighted by Gasteiger charge is 2.27. The van der Waals surface area contributed by atoms with E-state index in [1.807, 2.05) is 43.3 Å². The molecule has 2 aliphatic rings. The molecule has 2 atom stereocenters. The van der Waals surface area contributed by atoms with Crippen LogP contribution in [0.5, 0.6) is 11.5 Å². The maximum absolute atomic E-state index is 11.1. The molecule has 2 saturated heterocycles. The molecule has 0 saturated carbocycles. The molecule has 216 valence electrons. The van der Waals surface area contributed by atoms with E-state index in [0.29, 0.717) is 23.0 Å². The molecule has 4 aromatic rings. The molecule has 11 heteroatoms. The number of benzene rings is 2. The Morgan fingerprint density at radius 2 is 1.98 bits per heavy atom. The number of para-hydroxylation sites is 1. The van der Waals surface area contributed by atoms with Crippen LogP contribution in [0.4, 0.5) is 5.69 Å². The minimum atomic E-state index is -0.331. The average Bonchev–Trinajstić information content (AvgIpc) is 3.28. The van der Waals surface area contributed by atoms with Crippen molar-refractivity contribution in [3.8, 4) is 11.5 Å². The van der Waals surface area contributed by atoms with Crippen LogP contribution in [-0.2, 0) is 22.8 Å². The number of nitrogens with zero attached hydrogens (tertiary/aromatic N) is 4. The van der Waals surface area contributed by atoms with E-state index in [0.717, 1.165) is 73.6 Å². The fourth-order valence-corrected chi connectivity index (χ4v) is 5.80. The van der Waals surface area contributed by atoms with Crippen LogP contribution in [0.15, 0.2) is 54.7 Å². The van der Waals surface area contributed by atoms with Crippen LogP contribution < -0.4 is 10.2 Å². The number of piperidine rings is 1. The molecule has 4 heterocycles. The summed E-state index contributed by atoms with van der Waals surface area (Å²) in [5, 5.41) is 20.5. The van der Waals surface area contributed by atoms with Crippen molar-refractivity contribution in [2.75, 3.05) is 25.2 Å². The Morgan fingerprint density at radius 1 is 1.15 bits per heavy atom. The Hall–Kier alpha value is -3.41. The molecule has 2 fully saturated rings. The fourth-order valence-electron chi connectivity index (χ4n) is 5.69. The number of ether oxygens (including phenoxy) is 2. The molecular formula is C30H34ClN5O5. The zero-order valence-electron chi connectivity index (χ0n) is 22.9. The lowest BCUT2D eigenvalue weighted by molar-refractivity contribution is -0.215. The molecule has 0 spiro atoms. The number of likely N-dealkylation sites (tertiary alicyclic amines) is 1. The maximum Gasteiger partial charge on any atom is 0.162 e. The molecule has 10 nitrogen and oxygen atoms in total. The second kappa shape index (κ2) is 12.2. The van der Waals surface area contributed by atoms with Crippen LogP contribution in [0.2, 0.25) is 5.02 Å². The van der Waals surface area contributed by atoms with E-state index in [2.05, 4.69) is 24.9 Å². The van der Waals surface area contributed by atoms with Gasteiger partial charge in [0.1, 0.15) is 11.9 Å². The van der Waals surface area contributed by atoms with Crippen LogP contribution in [0.3, 0.4) is 0 Å². The number of aromatic nitrogens is 3. The number of hydrogen-bond acceptors (Lipinski definition) is 9. The lowest BCUT2D eigenvalue weighted by Crippen LogP contribution is -2.35. The topological polar surface area (TPSA) is 114 Å². The van der Waals surface area contributed by atoms with Gasteiger partial charge in [-0.15, -0.1) is 4.99 Å². The number of aromatic hydroxyl groups is 1. The number of nitrogens with one attached hydrogen (secondary N) is 1. The minimum Gasteiger partial charge on any atom is -0.504 e. The molecule has 41 heavy (non-hydrogen) atoms. The van der Waals surface area contributed by atoms with E-state index in [4.69, 9.17) is 31.3 Å². The fraction of sp³-hybridized carbons (Fsp3) is 0.400. The minimum absolute atomic E-state index is 0.179. The number of fused-ring (bicyclic) bond motifs is 1. The molecule has 3 N–H and O–H groups in total. The number of halogens is 1. The summed E-state index contributed by atoms with van der Waals surface area (Å²) >= 11 is 5.96. The van der Waals surface area contributed by atoms with E-state index in [1.165, 1.54) is 0 Å². The summed E-state index contributed by atoms with van der Waals surface area (Å²) in [6.07, 6.45) is 4.31. The zero-order chi connectivity index (χ0) is 28.3. The number of pyridine rings is 1. The molecule has 6 rings (SSSR count). The third kappa shape index (κ3) is 6.12. The number of imidazole rings is 1. The third-order valence-electron chi connectivity index (χ3n) is 8.06. The summed E-state index contributed by atoms with van der Waals surface area (Å²) in [6.45, 7) is 5.91. The van der Waals surface area contributed by atoms with Crippen molar-refractivity contribution < 1.29 is 24.8 Å². The van der Waals surface area contributed by atoms with E-state index >= 15 is 0 Å². The van der Waals surface area contributed by atoms with E-state index in [-0.39, 0.29) is 23.9 Å². The summed E-state index contributed by atoms with van der Waals surface area (Å²) in [5.74, 6) is 1.87. The largest absolute Gasteiger partial charge is 0.504 e. The van der Waals surface area contributed by atoms with E-state index in [9.17, 15) is 5.11 Å². The number of phenols is 1. The number of hydrogen-bond donors (Lipinski definition) is 3. The Labute approximate surface area is 243 Å². The highest BCUT2D eigenvalue weighted by Crippen LogP contribution is 2.40. The summed E-state index contributed by atoms with van der Waals surface area (Å²) < 4.78 is 14.0. The lowest BCUT2D eigenvalue weighted by Gasteiger charge is -2.33. The summed E-state index contributed by atoms with van der Waals surface area (Å²) in [5.41, 5.74) is 6.65. The van der Waals surface area contributed by atoms with Gasteiger partial charge in [-0.3, -0.25) is 9.88 Å². The van der Waals surface area contributed by atoms with Gasteiger partial charge < -0.3 is 19.1 Å². The molecule has 2 unspecified atom stereocenters. The zero-order valence-corrected chi connectivity index (χ0v) is 23.6. The first-order valence-electron chi connectivity index (χ1n) is 14.0. The van der Waals surface area contributed by atoms with Gasteiger partial charge >= 0.3 is 0 Å². The first-order valence-corrected chi connectivity index (χ1v) is 14.4. The van der Waals surface area contributed by atoms with Crippen molar-refractivity contribution in [2.24, 2.45) is 0 Å². The maximum atomic E-state index is 11.1. The van der Waals surface area contributed by atoms with Gasteiger partial charge in [-0.25, -0.2) is 15.7 Å². The monoisotopic (exact) mass is 579 g/mol. The number of rotatable bonds is 10. The lowest BCUT2D eigenvalue weighted by atomic mass is 9.88. The van der Waals surface area contributed by atoms with E-state index < -0.39 is 0 Å². The highest BCUT2D eigenvalue weighted by molar-refractivity contribution is 6.30. The van der Waals surface area contributed by atoms with Crippen molar-refractivity contribution in [3.05, 3.63) is 76.8 Å². The van der Waals surface area contributed by atoms with Crippen molar-refractivity contribution >= 4 is 28.3 Å².